The number of hydrogen-bond acceptors (Lipinski definition) is 5. The third kappa shape index (κ3) is 7.62. The second-order valence-electron chi connectivity index (χ2n) is 4.38. The molecule has 0 aromatic rings. The number of ether oxygens (including phenoxy) is 1. The molecule has 0 bridgehead atoms. The molecule has 1 amide bonds. The first kappa shape index (κ1) is 17.3. The lowest BCUT2D eigenvalue weighted by Gasteiger charge is -2.15. The Morgan fingerprint density at radius 1 is 1.33 bits per heavy atom. The molecule has 0 fully saturated rings. The van der Waals surface area contributed by atoms with Crippen LogP contribution >= 0.6 is 0 Å². The molecule has 0 aromatic heterocycles. The predicted octanol–water partition coefficient (Wildman–Crippen LogP) is 0.199. The zero-order valence-corrected chi connectivity index (χ0v) is 12.4. The lowest BCUT2D eigenvalue weighted by atomic mass is 10.4. The van der Waals surface area contributed by atoms with Crippen LogP contribution in [0, 0.1) is 0 Å². The van der Waals surface area contributed by atoms with Crippen molar-refractivity contribution in [3.63, 3.8) is 0 Å². The van der Waals surface area contributed by atoms with Gasteiger partial charge >= 0.3 is 0 Å². The highest BCUT2D eigenvalue weighted by Crippen LogP contribution is 2.01. The van der Waals surface area contributed by atoms with Gasteiger partial charge in [-0.15, -0.1) is 0 Å². The summed E-state index contributed by atoms with van der Waals surface area (Å²) in [5.41, 5.74) is 0. The van der Waals surface area contributed by atoms with Gasteiger partial charge < -0.3 is 10.1 Å². The molecule has 0 saturated heterocycles. The van der Waals surface area contributed by atoms with Crippen LogP contribution in [0.25, 0.3) is 0 Å². The van der Waals surface area contributed by atoms with Gasteiger partial charge in [0.2, 0.25) is 15.9 Å². The molecule has 0 aliphatic heterocycles. The minimum absolute atomic E-state index is 0.0688. The molecule has 0 aliphatic rings. The molecule has 0 saturated carbocycles. The number of carbonyl (C=O) groups excluding carboxylic acids is 1. The van der Waals surface area contributed by atoms with Crippen LogP contribution in [0.4, 0.5) is 0 Å². The molecular formula is C11H24N2O4S. The molecule has 6 nitrogen and oxygen atoms in total. The molecule has 0 unspecified atom stereocenters. The number of nitrogens with one attached hydrogen (secondary N) is 1. The fraction of sp³-hybridized carbons (Fsp3) is 0.909. The number of amides is 1. The van der Waals surface area contributed by atoms with Gasteiger partial charge in [-0.05, 0) is 6.42 Å². The van der Waals surface area contributed by atoms with Crippen LogP contribution in [0.15, 0.2) is 0 Å². The largest absolute Gasteiger partial charge is 0.380 e. The molecule has 0 spiro atoms. The van der Waals surface area contributed by atoms with E-state index in [0.29, 0.717) is 25.7 Å². The number of nitrogens with zero attached hydrogens (tertiary/aromatic N) is 1. The van der Waals surface area contributed by atoms with Gasteiger partial charge in [-0.3, -0.25) is 4.79 Å². The van der Waals surface area contributed by atoms with E-state index in [1.807, 2.05) is 13.8 Å². The predicted molar refractivity (Wildman–Crippen MR) is 70.8 cm³/mol. The van der Waals surface area contributed by atoms with Crippen molar-refractivity contribution >= 4 is 15.9 Å². The van der Waals surface area contributed by atoms with Crippen LogP contribution in [-0.2, 0) is 19.6 Å². The second kappa shape index (κ2) is 8.44. The summed E-state index contributed by atoms with van der Waals surface area (Å²) in [4.78, 5) is 10.9. The van der Waals surface area contributed by atoms with E-state index in [2.05, 4.69) is 5.32 Å². The molecule has 0 heterocycles. The number of sulfonamides is 1. The van der Waals surface area contributed by atoms with Gasteiger partial charge in [-0.2, -0.15) is 0 Å². The third-order valence-electron chi connectivity index (χ3n) is 2.35. The first-order chi connectivity index (χ1) is 8.27. The van der Waals surface area contributed by atoms with Gasteiger partial charge in [-0.1, -0.05) is 13.8 Å². The van der Waals surface area contributed by atoms with E-state index in [4.69, 9.17) is 4.74 Å². The van der Waals surface area contributed by atoms with E-state index in [9.17, 15) is 13.2 Å². The summed E-state index contributed by atoms with van der Waals surface area (Å²) in [5.74, 6) is -0.544. The average molecular weight is 280 g/mol. The van der Waals surface area contributed by atoms with Crippen LogP contribution in [0.5, 0.6) is 0 Å². The lowest BCUT2D eigenvalue weighted by Crippen LogP contribution is -2.33. The monoisotopic (exact) mass is 280 g/mol. The first-order valence-electron chi connectivity index (χ1n) is 6.05. The van der Waals surface area contributed by atoms with Gasteiger partial charge in [0.25, 0.3) is 0 Å². The minimum Gasteiger partial charge on any atom is -0.380 e. The Balaban J connectivity index is 3.69. The standard InChI is InChI=1S/C11H24N2O4S/c1-10(2)12-6-8-17-7-5-9-18(15,16)13(4)11(3)14/h10,12H,5-9H2,1-4H3. The molecule has 7 heteroatoms. The zero-order chi connectivity index (χ0) is 14.2. The van der Waals surface area contributed by atoms with Crippen LogP contribution in [-0.4, -0.2) is 57.2 Å². The van der Waals surface area contributed by atoms with Crippen molar-refractivity contribution in [3.8, 4) is 0 Å². The Kier molecular flexibility index (Phi) is 8.13. The maximum absolute atomic E-state index is 11.6. The van der Waals surface area contributed by atoms with E-state index >= 15 is 0 Å². The van der Waals surface area contributed by atoms with E-state index in [0.717, 1.165) is 10.8 Å². The fourth-order valence-corrected chi connectivity index (χ4v) is 2.35. The van der Waals surface area contributed by atoms with Gasteiger partial charge in [0.05, 0.1) is 12.4 Å². The maximum atomic E-state index is 11.6. The molecule has 1 N–H and O–H groups in total. The highest BCUT2D eigenvalue weighted by atomic mass is 32.2. The summed E-state index contributed by atoms with van der Waals surface area (Å²) >= 11 is 0. The second-order valence-corrected chi connectivity index (χ2v) is 6.50. The average Bonchev–Trinajstić information content (AvgIpc) is 2.26. The van der Waals surface area contributed by atoms with E-state index in [1.165, 1.54) is 14.0 Å². The first-order valence-corrected chi connectivity index (χ1v) is 7.66. The normalized spacial score (nSPS) is 11.8. The molecule has 108 valence electrons. The van der Waals surface area contributed by atoms with Crippen molar-refractivity contribution in [2.45, 2.75) is 33.2 Å². The molecule has 0 aliphatic carbocycles. The highest BCUT2D eigenvalue weighted by Gasteiger charge is 2.19. The van der Waals surface area contributed by atoms with Gasteiger partial charge in [-0.25, -0.2) is 12.7 Å². The van der Waals surface area contributed by atoms with E-state index in [-0.39, 0.29) is 5.75 Å². The molecule has 0 aromatic carbocycles. The summed E-state index contributed by atoms with van der Waals surface area (Å²) in [6.45, 7) is 7.00. The Morgan fingerprint density at radius 2 is 1.94 bits per heavy atom. The van der Waals surface area contributed by atoms with Crippen molar-refractivity contribution in [2.24, 2.45) is 0 Å². The summed E-state index contributed by atoms with van der Waals surface area (Å²) in [7, 11) is -2.21. The van der Waals surface area contributed by atoms with Crippen LogP contribution < -0.4 is 5.32 Å². The Hall–Kier alpha value is -0.660. The molecule has 0 radical (unpaired) electrons. The van der Waals surface area contributed by atoms with Gasteiger partial charge in [0.15, 0.2) is 0 Å². The van der Waals surface area contributed by atoms with Crippen molar-refractivity contribution in [1.29, 1.82) is 0 Å². The van der Waals surface area contributed by atoms with Crippen LogP contribution in [0.2, 0.25) is 0 Å². The summed E-state index contributed by atoms with van der Waals surface area (Å²) in [6.07, 6.45) is 0.391. The van der Waals surface area contributed by atoms with E-state index < -0.39 is 15.9 Å². The topological polar surface area (TPSA) is 75.7 Å². The highest BCUT2D eigenvalue weighted by molar-refractivity contribution is 7.89. The Bertz CT molecular complexity index is 341. The Morgan fingerprint density at radius 3 is 2.44 bits per heavy atom. The van der Waals surface area contributed by atoms with Gasteiger partial charge in [0, 0.05) is 33.2 Å². The van der Waals surface area contributed by atoms with Crippen LogP contribution in [0.3, 0.4) is 0 Å². The van der Waals surface area contributed by atoms with Crippen LogP contribution in [0.1, 0.15) is 27.2 Å². The molecule has 0 atom stereocenters. The van der Waals surface area contributed by atoms with Crippen molar-refractivity contribution in [1.82, 2.24) is 9.62 Å². The summed E-state index contributed by atoms with van der Waals surface area (Å²) in [6, 6.07) is 0.415. The minimum atomic E-state index is -3.48. The SMILES string of the molecule is CC(=O)N(C)S(=O)(=O)CCCOCCNC(C)C. The lowest BCUT2D eigenvalue weighted by molar-refractivity contribution is -0.123. The zero-order valence-electron chi connectivity index (χ0n) is 11.6. The van der Waals surface area contributed by atoms with Crippen molar-refractivity contribution in [2.75, 3.05) is 32.6 Å². The van der Waals surface area contributed by atoms with Crippen molar-refractivity contribution in [3.05, 3.63) is 0 Å². The fourth-order valence-electron chi connectivity index (χ4n) is 1.20. The van der Waals surface area contributed by atoms with E-state index in [1.54, 1.807) is 0 Å². The molecule has 0 rings (SSSR count). The third-order valence-corrected chi connectivity index (χ3v) is 4.25. The summed E-state index contributed by atoms with van der Waals surface area (Å²) < 4.78 is 29.2. The maximum Gasteiger partial charge on any atom is 0.237 e. The quantitative estimate of drug-likeness (QED) is 0.611. The summed E-state index contributed by atoms with van der Waals surface area (Å²) in [5, 5.41) is 3.19. The van der Waals surface area contributed by atoms with Gasteiger partial charge in [0.1, 0.15) is 0 Å². The smallest absolute Gasteiger partial charge is 0.237 e. The molecule has 18 heavy (non-hydrogen) atoms. The Labute approximate surface area is 110 Å². The number of hydrogen-bond donors (Lipinski definition) is 1. The molecular weight excluding hydrogens is 256 g/mol. The van der Waals surface area contributed by atoms with Crippen molar-refractivity contribution < 1.29 is 17.9 Å². The number of carbonyl (C=O) groups is 1. The number of rotatable bonds is 9.